The largest absolute Gasteiger partial charge is 0.456 e. The lowest BCUT2D eigenvalue weighted by Gasteiger charge is -2.20. The molecule has 0 unspecified atom stereocenters. The standard InChI is InChI=1S/C25H18Cl3F3O3/c1-24(2,3)34-23(33)17-9-8-16(14-6-4-5-7-15(14)17)21(32)12-18(25(29,30)31)13-10-19(26)22(28)20(27)11-13/h4-12H,1-3H3. The summed E-state index contributed by atoms with van der Waals surface area (Å²) in [5.41, 5.74) is -2.22. The summed E-state index contributed by atoms with van der Waals surface area (Å²) >= 11 is 17.6. The second kappa shape index (κ2) is 9.61. The molecule has 0 radical (unpaired) electrons. The van der Waals surface area contributed by atoms with Gasteiger partial charge in [-0.2, -0.15) is 13.2 Å². The van der Waals surface area contributed by atoms with Gasteiger partial charge >= 0.3 is 12.1 Å². The molecule has 0 aliphatic rings. The minimum atomic E-state index is -4.89. The molecular formula is C25H18Cl3F3O3. The van der Waals surface area contributed by atoms with Crippen LogP contribution >= 0.6 is 34.8 Å². The highest BCUT2D eigenvalue weighted by Gasteiger charge is 2.36. The Morgan fingerprint density at radius 3 is 1.85 bits per heavy atom. The van der Waals surface area contributed by atoms with E-state index in [2.05, 4.69) is 0 Å². The number of esters is 1. The highest BCUT2D eigenvalue weighted by Crippen LogP contribution is 2.40. The summed E-state index contributed by atoms with van der Waals surface area (Å²) in [6.07, 6.45) is -4.41. The minimum absolute atomic E-state index is 0.0178. The molecule has 0 bridgehead atoms. The monoisotopic (exact) mass is 528 g/mol. The number of halogens is 6. The third kappa shape index (κ3) is 5.74. The Labute approximate surface area is 209 Å². The van der Waals surface area contributed by atoms with E-state index >= 15 is 0 Å². The molecule has 0 amide bonds. The number of alkyl halides is 3. The zero-order valence-corrected chi connectivity index (χ0v) is 20.5. The second-order valence-electron chi connectivity index (χ2n) is 8.38. The van der Waals surface area contributed by atoms with Gasteiger partial charge in [-0.05, 0) is 67.4 Å². The summed E-state index contributed by atoms with van der Waals surface area (Å²) in [5.74, 6) is -1.53. The van der Waals surface area contributed by atoms with E-state index in [0.29, 0.717) is 16.8 Å². The maximum Gasteiger partial charge on any atom is 0.417 e. The van der Waals surface area contributed by atoms with Gasteiger partial charge in [-0.25, -0.2) is 4.79 Å². The number of hydrogen-bond acceptors (Lipinski definition) is 3. The molecule has 0 aromatic heterocycles. The topological polar surface area (TPSA) is 43.4 Å². The first-order valence-electron chi connectivity index (χ1n) is 9.92. The number of ketones is 1. The SMILES string of the molecule is CC(C)(C)OC(=O)c1ccc(C(=O)C=C(c2cc(Cl)c(Cl)c(Cl)c2)C(F)(F)F)c2ccccc12. The van der Waals surface area contributed by atoms with Crippen LogP contribution in [-0.4, -0.2) is 23.5 Å². The van der Waals surface area contributed by atoms with E-state index in [1.807, 2.05) is 0 Å². The van der Waals surface area contributed by atoms with E-state index in [0.717, 1.165) is 12.1 Å². The zero-order valence-electron chi connectivity index (χ0n) is 18.2. The van der Waals surface area contributed by atoms with Crippen molar-refractivity contribution >= 4 is 62.9 Å². The van der Waals surface area contributed by atoms with Crippen LogP contribution in [0.15, 0.2) is 54.6 Å². The molecule has 0 spiro atoms. The van der Waals surface area contributed by atoms with Gasteiger partial charge in [0.05, 0.1) is 26.2 Å². The van der Waals surface area contributed by atoms with Gasteiger partial charge in [0.25, 0.3) is 0 Å². The lowest BCUT2D eigenvalue weighted by atomic mass is 9.95. The highest BCUT2D eigenvalue weighted by atomic mass is 35.5. The Balaban J connectivity index is 2.15. The van der Waals surface area contributed by atoms with Gasteiger partial charge in [0.2, 0.25) is 0 Å². The van der Waals surface area contributed by atoms with Crippen molar-refractivity contribution in [3.05, 3.63) is 86.4 Å². The number of benzene rings is 3. The van der Waals surface area contributed by atoms with E-state index in [-0.39, 0.29) is 26.2 Å². The molecule has 3 aromatic carbocycles. The van der Waals surface area contributed by atoms with E-state index in [1.165, 1.54) is 12.1 Å². The van der Waals surface area contributed by atoms with Crippen LogP contribution in [0.2, 0.25) is 15.1 Å². The van der Waals surface area contributed by atoms with Crippen molar-refractivity contribution < 1.29 is 27.5 Å². The van der Waals surface area contributed by atoms with Crippen molar-refractivity contribution in [2.75, 3.05) is 0 Å². The molecule has 0 saturated heterocycles. The minimum Gasteiger partial charge on any atom is -0.456 e. The van der Waals surface area contributed by atoms with Gasteiger partial charge in [-0.3, -0.25) is 4.79 Å². The molecule has 0 fully saturated rings. The van der Waals surface area contributed by atoms with Crippen LogP contribution in [-0.2, 0) is 4.74 Å². The molecule has 3 rings (SSSR count). The second-order valence-corrected chi connectivity index (χ2v) is 9.57. The predicted octanol–water partition coefficient (Wildman–Crippen LogP) is 8.58. The number of ether oxygens (including phenoxy) is 1. The van der Waals surface area contributed by atoms with Gasteiger partial charge in [0, 0.05) is 5.56 Å². The average molecular weight is 530 g/mol. The molecule has 0 N–H and O–H groups in total. The molecule has 0 aliphatic carbocycles. The maximum absolute atomic E-state index is 13.9. The quantitative estimate of drug-likeness (QED) is 0.147. The molecule has 178 valence electrons. The lowest BCUT2D eigenvalue weighted by Crippen LogP contribution is -2.24. The fourth-order valence-corrected chi connectivity index (χ4v) is 3.87. The molecule has 9 heteroatoms. The Morgan fingerprint density at radius 1 is 0.853 bits per heavy atom. The smallest absolute Gasteiger partial charge is 0.417 e. The van der Waals surface area contributed by atoms with Gasteiger partial charge in [-0.15, -0.1) is 0 Å². The number of carbonyl (C=O) groups is 2. The van der Waals surface area contributed by atoms with Gasteiger partial charge in [0.1, 0.15) is 5.60 Å². The first-order valence-corrected chi connectivity index (χ1v) is 11.1. The number of hydrogen-bond donors (Lipinski definition) is 0. The Morgan fingerprint density at radius 2 is 1.35 bits per heavy atom. The van der Waals surface area contributed by atoms with Crippen molar-refractivity contribution in [3.63, 3.8) is 0 Å². The number of fused-ring (bicyclic) bond motifs is 1. The summed E-state index contributed by atoms with van der Waals surface area (Å²) < 4.78 is 47.1. The van der Waals surface area contributed by atoms with Crippen LogP contribution in [0.1, 0.15) is 47.1 Å². The third-order valence-corrected chi connectivity index (χ3v) is 5.88. The Kier molecular flexibility index (Phi) is 7.37. The number of carbonyl (C=O) groups excluding carboxylic acids is 2. The Hall–Kier alpha value is -2.54. The summed E-state index contributed by atoms with van der Waals surface area (Å²) in [6.45, 7) is 5.14. The van der Waals surface area contributed by atoms with E-state index < -0.39 is 34.7 Å². The van der Waals surface area contributed by atoms with Crippen LogP contribution in [0.3, 0.4) is 0 Å². The number of allylic oxidation sites excluding steroid dienone is 2. The van der Waals surface area contributed by atoms with Crippen LogP contribution in [0.5, 0.6) is 0 Å². The molecule has 3 aromatic rings. The normalized spacial score (nSPS) is 12.7. The fraction of sp³-hybridized carbons (Fsp3) is 0.200. The van der Waals surface area contributed by atoms with Crippen molar-refractivity contribution in [1.82, 2.24) is 0 Å². The first-order chi connectivity index (χ1) is 15.7. The fourth-order valence-electron chi connectivity index (χ4n) is 3.27. The first kappa shape index (κ1) is 26.1. The zero-order chi connectivity index (χ0) is 25.4. The predicted molar refractivity (Wildman–Crippen MR) is 129 cm³/mol. The lowest BCUT2D eigenvalue weighted by molar-refractivity contribution is -0.0689. The molecule has 0 aliphatic heterocycles. The van der Waals surface area contributed by atoms with Crippen molar-refractivity contribution in [1.29, 1.82) is 0 Å². The van der Waals surface area contributed by atoms with E-state index in [4.69, 9.17) is 39.5 Å². The molecule has 3 nitrogen and oxygen atoms in total. The van der Waals surface area contributed by atoms with Crippen molar-refractivity contribution in [3.8, 4) is 0 Å². The summed E-state index contributed by atoms with van der Waals surface area (Å²) in [7, 11) is 0. The van der Waals surface area contributed by atoms with Crippen molar-refractivity contribution in [2.45, 2.75) is 32.5 Å². The Bertz CT molecular complexity index is 1300. The van der Waals surface area contributed by atoms with E-state index in [1.54, 1.807) is 45.0 Å². The molecule has 0 saturated carbocycles. The molecule has 34 heavy (non-hydrogen) atoms. The highest BCUT2D eigenvalue weighted by molar-refractivity contribution is 6.48. The van der Waals surface area contributed by atoms with Crippen LogP contribution in [0.4, 0.5) is 13.2 Å². The van der Waals surface area contributed by atoms with Gasteiger partial charge in [0.15, 0.2) is 5.78 Å². The average Bonchev–Trinajstić information content (AvgIpc) is 2.72. The molecule has 0 heterocycles. The van der Waals surface area contributed by atoms with E-state index in [9.17, 15) is 22.8 Å². The van der Waals surface area contributed by atoms with Crippen molar-refractivity contribution in [2.24, 2.45) is 0 Å². The summed E-state index contributed by atoms with van der Waals surface area (Å²) in [5, 5.41) is 0.226. The molecular weight excluding hydrogens is 512 g/mol. The van der Waals surface area contributed by atoms with Crippen LogP contribution in [0.25, 0.3) is 16.3 Å². The number of rotatable bonds is 4. The maximum atomic E-state index is 13.9. The van der Waals surface area contributed by atoms with Crippen LogP contribution in [0, 0.1) is 0 Å². The van der Waals surface area contributed by atoms with Crippen LogP contribution < -0.4 is 0 Å². The van der Waals surface area contributed by atoms with Gasteiger partial charge in [-0.1, -0.05) is 59.1 Å². The summed E-state index contributed by atoms with van der Waals surface area (Å²) in [4.78, 5) is 25.7. The molecule has 0 atom stereocenters. The summed E-state index contributed by atoms with van der Waals surface area (Å²) in [6, 6.07) is 11.1. The van der Waals surface area contributed by atoms with Gasteiger partial charge < -0.3 is 4.74 Å². The third-order valence-electron chi connectivity index (χ3n) is 4.68.